The molecule has 0 fully saturated rings. The van der Waals surface area contributed by atoms with Gasteiger partial charge in [0.05, 0.1) is 35.8 Å². The Morgan fingerprint density at radius 3 is 2.61 bits per heavy atom. The van der Waals surface area contributed by atoms with E-state index in [9.17, 15) is 0 Å². The van der Waals surface area contributed by atoms with E-state index < -0.39 is 0 Å². The fourth-order valence-corrected chi connectivity index (χ4v) is 2.36. The van der Waals surface area contributed by atoms with Gasteiger partial charge >= 0.3 is 0 Å². The standard InChI is InChI=1S/C16H14ClN3O2.ClH/c1-21-10-6-7-11(17)13(8-10)20-16-15-12(18-9-19-16)4-3-5-14(15)22-2;/h3-9H,1-2H3,(H,18,19,20);1H. The molecule has 0 saturated heterocycles. The van der Waals surface area contributed by atoms with Crippen molar-refractivity contribution in [3.05, 3.63) is 47.7 Å². The van der Waals surface area contributed by atoms with Crippen molar-refractivity contribution in [1.82, 2.24) is 9.97 Å². The normalized spacial score (nSPS) is 10.0. The first-order valence-corrected chi connectivity index (χ1v) is 6.99. The van der Waals surface area contributed by atoms with Gasteiger partial charge in [0, 0.05) is 6.07 Å². The Balaban J connectivity index is 0.00000192. The molecular weight excluding hydrogens is 337 g/mol. The Bertz CT molecular complexity index is 822. The minimum Gasteiger partial charge on any atom is -0.497 e. The summed E-state index contributed by atoms with van der Waals surface area (Å²) in [5.41, 5.74) is 1.49. The van der Waals surface area contributed by atoms with Crippen molar-refractivity contribution in [1.29, 1.82) is 0 Å². The Labute approximate surface area is 145 Å². The van der Waals surface area contributed by atoms with Gasteiger partial charge in [-0.25, -0.2) is 9.97 Å². The fraction of sp³-hybridized carbons (Fsp3) is 0.125. The van der Waals surface area contributed by atoms with Gasteiger partial charge in [-0.05, 0) is 24.3 Å². The first-order valence-electron chi connectivity index (χ1n) is 6.61. The van der Waals surface area contributed by atoms with Crippen LogP contribution in [-0.4, -0.2) is 24.2 Å². The quantitative estimate of drug-likeness (QED) is 0.751. The first kappa shape index (κ1) is 17.1. The van der Waals surface area contributed by atoms with E-state index in [1.807, 2.05) is 24.3 Å². The second kappa shape index (κ2) is 7.35. The number of fused-ring (bicyclic) bond motifs is 1. The molecule has 3 rings (SSSR count). The summed E-state index contributed by atoms with van der Waals surface area (Å²) in [6.45, 7) is 0. The molecule has 0 saturated carbocycles. The minimum atomic E-state index is 0. The summed E-state index contributed by atoms with van der Waals surface area (Å²) in [5.74, 6) is 2.02. The lowest BCUT2D eigenvalue weighted by atomic mass is 10.2. The molecule has 120 valence electrons. The topological polar surface area (TPSA) is 56.3 Å². The predicted molar refractivity (Wildman–Crippen MR) is 94.6 cm³/mol. The van der Waals surface area contributed by atoms with E-state index in [0.717, 1.165) is 10.9 Å². The summed E-state index contributed by atoms with van der Waals surface area (Å²) in [5, 5.41) is 4.59. The Morgan fingerprint density at radius 2 is 1.87 bits per heavy atom. The number of aromatic nitrogens is 2. The van der Waals surface area contributed by atoms with Crippen LogP contribution in [0.3, 0.4) is 0 Å². The molecule has 7 heteroatoms. The highest BCUT2D eigenvalue weighted by Gasteiger charge is 2.11. The summed E-state index contributed by atoms with van der Waals surface area (Å²) in [4.78, 5) is 8.57. The van der Waals surface area contributed by atoms with Gasteiger partial charge in [0.25, 0.3) is 0 Å². The number of hydrogen-bond acceptors (Lipinski definition) is 5. The lowest BCUT2D eigenvalue weighted by molar-refractivity contribution is 0.415. The number of methoxy groups -OCH3 is 2. The molecule has 0 aliphatic heterocycles. The molecule has 3 aromatic rings. The van der Waals surface area contributed by atoms with E-state index in [2.05, 4.69) is 15.3 Å². The average Bonchev–Trinajstić information content (AvgIpc) is 2.56. The van der Waals surface area contributed by atoms with Crippen LogP contribution in [0, 0.1) is 0 Å². The molecule has 1 N–H and O–H groups in total. The second-order valence-electron chi connectivity index (χ2n) is 4.55. The number of rotatable bonds is 4. The molecule has 0 aliphatic rings. The Hall–Kier alpha value is -2.24. The molecule has 0 radical (unpaired) electrons. The van der Waals surface area contributed by atoms with Crippen molar-refractivity contribution in [2.24, 2.45) is 0 Å². The van der Waals surface area contributed by atoms with Crippen LogP contribution in [0.15, 0.2) is 42.7 Å². The van der Waals surface area contributed by atoms with Gasteiger partial charge in [-0.15, -0.1) is 12.4 Å². The number of ether oxygens (including phenoxy) is 2. The lowest BCUT2D eigenvalue weighted by Gasteiger charge is -2.13. The highest BCUT2D eigenvalue weighted by Crippen LogP contribution is 2.34. The van der Waals surface area contributed by atoms with Crippen molar-refractivity contribution in [2.45, 2.75) is 0 Å². The Morgan fingerprint density at radius 1 is 1.04 bits per heavy atom. The van der Waals surface area contributed by atoms with Crippen LogP contribution in [0.5, 0.6) is 11.5 Å². The molecule has 0 aliphatic carbocycles. The zero-order chi connectivity index (χ0) is 15.5. The van der Waals surface area contributed by atoms with Crippen LogP contribution >= 0.6 is 24.0 Å². The van der Waals surface area contributed by atoms with Crippen LogP contribution in [0.25, 0.3) is 10.9 Å². The second-order valence-corrected chi connectivity index (χ2v) is 4.95. The van der Waals surface area contributed by atoms with E-state index in [-0.39, 0.29) is 12.4 Å². The molecule has 0 atom stereocenters. The van der Waals surface area contributed by atoms with Crippen LogP contribution < -0.4 is 14.8 Å². The number of nitrogens with zero attached hydrogens (tertiary/aromatic N) is 2. The van der Waals surface area contributed by atoms with Crippen molar-refractivity contribution >= 4 is 46.4 Å². The SMILES string of the molecule is COc1ccc(Cl)c(Nc2ncnc3cccc(OC)c23)c1.Cl. The van der Waals surface area contributed by atoms with Crippen molar-refractivity contribution in [2.75, 3.05) is 19.5 Å². The highest BCUT2D eigenvalue weighted by atomic mass is 35.5. The molecule has 0 bridgehead atoms. The summed E-state index contributed by atoms with van der Waals surface area (Å²) < 4.78 is 10.6. The van der Waals surface area contributed by atoms with Crippen LogP contribution in [0.2, 0.25) is 5.02 Å². The molecule has 23 heavy (non-hydrogen) atoms. The van der Waals surface area contributed by atoms with Gasteiger partial charge in [-0.2, -0.15) is 0 Å². The van der Waals surface area contributed by atoms with Crippen molar-refractivity contribution in [3.63, 3.8) is 0 Å². The van der Waals surface area contributed by atoms with E-state index in [4.69, 9.17) is 21.1 Å². The number of benzene rings is 2. The van der Waals surface area contributed by atoms with Crippen LogP contribution in [0.1, 0.15) is 0 Å². The van der Waals surface area contributed by atoms with Gasteiger partial charge in [0.1, 0.15) is 23.6 Å². The van der Waals surface area contributed by atoms with Crippen LogP contribution in [0.4, 0.5) is 11.5 Å². The average molecular weight is 352 g/mol. The van der Waals surface area contributed by atoms with Gasteiger partial charge in [-0.3, -0.25) is 0 Å². The van der Waals surface area contributed by atoms with E-state index >= 15 is 0 Å². The summed E-state index contributed by atoms with van der Waals surface area (Å²) in [7, 11) is 3.22. The fourth-order valence-electron chi connectivity index (χ4n) is 2.20. The molecule has 0 amide bonds. The molecular formula is C16H15Cl2N3O2. The molecule has 1 aromatic heterocycles. The minimum absolute atomic E-state index is 0. The van der Waals surface area contributed by atoms with E-state index in [1.54, 1.807) is 26.4 Å². The zero-order valence-corrected chi connectivity index (χ0v) is 14.1. The smallest absolute Gasteiger partial charge is 0.145 e. The van der Waals surface area contributed by atoms with Gasteiger partial charge in [-0.1, -0.05) is 17.7 Å². The molecule has 1 heterocycles. The number of halogens is 2. The zero-order valence-electron chi connectivity index (χ0n) is 12.5. The molecule has 5 nitrogen and oxygen atoms in total. The first-order chi connectivity index (χ1) is 10.7. The van der Waals surface area contributed by atoms with Crippen LogP contribution in [-0.2, 0) is 0 Å². The third-order valence-corrected chi connectivity index (χ3v) is 3.60. The van der Waals surface area contributed by atoms with E-state index in [1.165, 1.54) is 6.33 Å². The predicted octanol–water partition coefficient (Wildman–Crippen LogP) is 4.47. The number of nitrogens with one attached hydrogen (secondary N) is 1. The van der Waals surface area contributed by atoms with Gasteiger partial charge < -0.3 is 14.8 Å². The Kier molecular flexibility index (Phi) is 5.47. The molecule has 2 aromatic carbocycles. The van der Waals surface area contributed by atoms with Crippen molar-refractivity contribution < 1.29 is 9.47 Å². The molecule has 0 spiro atoms. The molecule has 0 unspecified atom stereocenters. The van der Waals surface area contributed by atoms with E-state index in [0.29, 0.717) is 28.0 Å². The lowest BCUT2D eigenvalue weighted by Crippen LogP contribution is -1.98. The summed E-state index contributed by atoms with van der Waals surface area (Å²) in [6.07, 6.45) is 1.50. The maximum absolute atomic E-state index is 6.24. The monoisotopic (exact) mass is 351 g/mol. The largest absolute Gasteiger partial charge is 0.497 e. The van der Waals surface area contributed by atoms with Gasteiger partial charge in [0.2, 0.25) is 0 Å². The maximum atomic E-state index is 6.24. The van der Waals surface area contributed by atoms with Crippen molar-refractivity contribution in [3.8, 4) is 11.5 Å². The summed E-state index contributed by atoms with van der Waals surface area (Å²) >= 11 is 6.24. The summed E-state index contributed by atoms with van der Waals surface area (Å²) in [6, 6.07) is 11.0. The number of hydrogen-bond donors (Lipinski definition) is 1. The number of anilines is 2. The maximum Gasteiger partial charge on any atom is 0.145 e. The highest BCUT2D eigenvalue weighted by molar-refractivity contribution is 6.33. The van der Waals surface area contributed by atoms with Gasteiger partial charge in [0.15, 0.2) is 0 Å². The third-order valence-electron chi connectivity index (χ3n) is 3.27. The third kappa shape index (κ3) is 3.41.